The highest BCUT2D eigenvalue weighted by atomic mass is 16.3. The van der Waals surface area contributed by atoms with Crippen molar-refractivity contribution in [1.29, 1.82) is 5.26 Å². The number of benzene rings is 2. The van der Waals surface area contributed by atoms with E-state index in [1.807, 2.05) is 30.9 Å². The topological polar surface area (TPSA) is 70.8 Å². The van der Waals surface area contributed by atoms with Gasteiger partial charge in [-0.05, 0) is 49.1 Å². The Morgan fingerprint density at radius 1 is 1.10 bits per heavy atom. The van der Waals surface area contributed by atoms with E-state index in [9.17, 15) is 9.90 Å². The highest BCUT2D eigenvalue weighted by molar-refractivity contribution is 5.78. The normalized spacial score (nSPS) is 19.2. The molecule has 0 aliphatic carbocycles. The molecule has 1 atom stereocenters. The molecule has 0 spiro atoms. The lowest BCUT2D eigenvalue weighted by atomic mass is 9.99. The molecule has 0 radical (unpaired) electrons. The van der Waals surface area contributed by atoms with Crippen LogP contribution in [0.1, 0.15) is 36.1 Å². The number of amides is 2. The molecule has 2 aliphatic heterocycles. The summed E-state index contributed by atoms with van der Waals surface area (Å²) in [5.41, 5.74) is 3.98. The first kappa shape index (κ1) is 21.4. The second kappa shape index (κ2) is 8.70. The van der Waals surface area contributed by atoms with Gasteiger partial charge in [0.1, 0.15) is 0 Å². The fourth-order valence-corrected chi connectivity index (χ4v) is 4.68. The fraction of sp³-hybridized carbons (Fsp3) is 0.440. The number of nitrogens with zero attached hydrogens (tertiary/aromatic N) is 4. The van der Waals surface area contributed by atoms with E-state index in [0.29, 0.717) is 31.7 Å². The summed E-state index contributed by atoms with van der Waals surface area (Å²) >= 11 is 0. The van der Waals surface area contributed by atoms with Gasteiger partial charge in [0.25, 0.3) is 0 Å². The van der Waals surface area contributed by atoms with Gasteiger partial charge in [-0.2, -0.15) is 5.26 Å². The van der Waals surface area contributed by atoms with Crippen LogP contribution >= 0.6 is 0 Å². The molecule has 2 aromatic rings. The average Bonchev–Trinajstić information content (AvgIpc) is 2.97. The predicted octanol–water partition coefficient (Wildman–Crippen LogP) is 2.99. The second-order valence-electron chi connectivity index (χ2n) is 9.28. The third-order valence-corrected chi connectivity index (χ3v) is 6.34. The summed E-state index contributed by atoms with van der Waals surface area (Å²) < 4.78 is 0. The van der Waals surface area contributed by atoms with Crippen LogP contribution in [0.3, 0.4) is 0 Å². The van der Waals surface area contributed by atoms with Gasteiger partial charge in [0.05, 0.1) is 29.8 Å². The van der Waals surface area contributed by atoms with E-state index < -0.39 is 6.10 Å². The minimum absolute atomic E-state index is 0.0441. The maximum absolute atomic E-state index is 13.1. The summed E-state index contributed by atoms with van der Waals surface area (Å²) in [6, 6.07) is 17.9. The summed E-state index contributed by atoms with van der Waals surface area (Å²) in [7, 11) is 0. The lowest BCUT2D eigenvalue weighted by Gasteiger charge is -2.34. The Hall–Kier alpha value is -2.88. The number of carbonyl (C=O) groups is 1. The van der Waals surface area contributed by atoms with Crippen LogP contribution in [0.4, 0.5) is 4.79 Å². The van der Waals surface area contributed by atoms with Crippen LogP contribution in [-0.2, 0) is 19.5 Å². The lowest BCUT2D eigenvalue weighted by Crippen LogP contribution is -2.49. The molecule has 6 nitrogen and oxygen atoms in total. The van der Waals surface area contributed by atoms with Crippen molar-refractivity contribution in [2.45, 2.75) is 45.0 Å². The Morgan fingerprint density at radius 2 is 1.81 bits per heavy atom. The van der Waals surface area contributed by atoms with Gasteiger partial charge in [-0.3, -0.25) is 4.90 Å². The van der Waals surface area contributed by atoms with Gasteiger partial charge in [-0.25, -0.2) is 4.79 Å². The number of nitriles is 1. The maximum Gasteiger partial charge on any atom is 0.320 e. The van der Waals surface area contributed by atoms with E-state index in [4.69, 9.17) is 5.26 Å². The summed E-state index contributed by atoms with van der Waals surface area (Å²) in [4.78, 5) is 19.0. The van der Waals surface area contributed by atoms with Gasteiger partial charge in [0.2, 0.25) is 0 Å². The number of hydrogen-bond donors (Lipinski definition) is 1. The molecule has 2 aromatic carbocycles. The minimum Gasteiger partial charge on any atom is -0.390 e. The Bertz CT molecular complexity index is 980. The van der Waals surface area contributed by atoms with Gasteiger partial charge in [0, 0.05) is 32.7 Å². The van der Waals surface area contributed by atoms with E-state index >= 15 is 0 Å². The van der Waals surface area contributed by atoms with Crippen LogP contribution in [0.25, 0.3) is 0 Å². The molecule has 2 heterocycles. The lowest BCUT2D eigenvalue weighted by molar-refractivity contribution is 0.0617. The number of aliphatic hydroxyl groups is 1. The highest BCUT2D eigenvalue weighted by Gasteiger charge is 2.43. The van der Waals surface area contributed by atoms with Crippen LogP contribution in [0, 0.1) is 11.3 Å². The van der Waals surface area contributed by atoms with E-state index in [1.165, 1.54) is 11.1 Å². The zero-order valence-electron chi connectivity index (χ0n) is 18.3. The summed E-state index contributed by atoms with van der Waals surface area (Å²) in [5, 5.41) is 19.8. The third kappa shape index (κ3) is 4.73. The van der Waals surface area contributed by atoms with Crippen LogP contribution in [0.5, 0.6) is 0 Å². The van der Waals surface area contributed by atoms with Gasteiger partial charge >= 0.3 is 6.03 Å². The number of carbonyl (C=O) groups excluding carboxylic acids is 1. The van der Waals surface area contributed by atoms with Crippen molar-refractivity contribution in [2.75, 3.05) is 26.2 Å². The summed E-state index contributed by atoms with van der Waals surface area (Å²) in [6.07, 6.45) is 0.401. The molecular formula is C25H30N4O2. The van der Waals surface area contributed by atoms with Crippen molar-refractivity contribution in [2.24, 2.45) is 0 Å². The number of rotatable bonds is 6. The minimum atomic E-state index is -0.594. The molecule has 1 fully saturated rings. The molecule has 2 aliphatic rings. The molecule has 1 saturated heterocycles. The largest absolute Gasteiger partial charge is 0.390 e. The highest BCUT2D eigenvalue weighted by Crippen LogP contribution is 2.28. The smallest absolute Gasteiger partial charge is 0.320 e. The molecular weight excluding hydrogens is 388 g/mol. The maximum atomic E-state index is 13.1. The number of β-amino-alcohol motifs (C(OH)–C–C–N with tert-alkyl or cyclic N) is 1. The Balaban J connectivity index is 1.36. The molecule has 0 saturated carbocycles. The number of urea groups is 1. The molecule has 4 rings (SSSR count). The van der Waals surface area contributed by atoms with Gasteiger partial charge in [0.15, 0.2) is 0 Å². The monoisotopic (exact) mass is 418 g/mol. The van der Waals surface area contributed by atoms with Crippen LogP contribution in [0.15, 0.2) is 48.5 Å². The molecule has 162 valence electrons. The predicted molar refractivity (Wildman–Crippen MR) is 119 cm³/mol. The van der Waals surface area contributed by atoms with Crippen LogP contribution in [0.2, 0.25) is 0 Å². The average molecular weight is 419 g/mol. The van der Waals surface area contributed by atoms with Gasteiger partial charge in [-0.15, -0.1) is 0 Å². The first-order valence-corrected chi connectivity index (χ1v) is 10.9. The van der Waals surface area contributed by atoms with Gasteiger partial charge in [-0.1, -0.05) is 36.4 Å². The van der Waals surface area contributed by atoms with Crippen molar-refractivity contribution >= 4 is 6.03 Å². The van der Waals surface area contributed by atoms with Crippen LogP contribution in [-0.4, -0.2) is 63.7 Å². The Kier molecular flexibility index (Phi) is 5.99. The van der Waals surface area contributed by atoms with Gasteiger partial charge < -0.3 is 14.9 Å². The van der Waals surface area contributed by atoms with Crippen molar-refractivity contribution in [3.05, 3.63) is 70.8 Å². The Morgan fingerprint density at radius 3 is 2.52 bits per heavy atom. The fourth-order valence-electron chi connectivity index (χ4n) is 4.68. The zero-order chi connectivity index (χ0) is 22.0. The first-order valence-electron chi connectivity index (χ1n) is 10.9. The number of aliphatic hydroxyl groups excluding tert-OH is 1. The van der Waals surface area contributed by atoms with Crippen molar-refractivity contribution in [3.63, 3.8) is 0 Å². The molecule has 1 unspecified atom stereocenters. The number of hydrogen-bond acceptors (Lipinski definition) is 4. The number of fused-ring (bicyclic) bond motifs is 1. The molecule has 1 N–H and O–H groups in total. The third-order valence-electron chi connectivity index (χ3n) is 6.34. The van der Waals surface area contributed by atoms with E-state index in [2.05, 4.69) is 35.2 Å². The molecule has 31 heavy (non-hydrogen) atoms. The van der Waals surface area contributed by atoms with E-state index in [-0.39, 0.29) is 11.6 Å². The van der Waals surface area contributed by atoms with Crippen molar-refractivity contribution < 1.29 is 9.90 Å². The van der Waals surface area contributed by atoms with Crippen molar-refractivity contribution in [3.8, 4) is 6.07 Å². The van der Waals surface area contributed by atoms with E-state index in [0.717, 1.165) is 25.1 Å². The zero-order valence-corrected chi connectivity index (χ0v) is 18.3. The summed E-state index contributed by atoms with van der Waals surface area (Å²) in [5.74, 6) is 0. The Labute approximate surface area is 184 Å². The first-order chi connectivity index (χ1) is 14.9. The quantitative estimate of drug-likeness (QED) is 0.783. The van der Waals surface area contributed by atoms with Crippen molar-refractivity contribution in [1.82, 2.24) is 14.7 Å². The molecule has 0 aromatic heterocycles. The van der Waals surface area contributed by atoms with Crippen LogP contribution < -0.4 is 0 Å². The SMILES string of the molecule is CC1(C)CN(Cc2ccc(C#N)cc2)C(=O)N1CC(O)CN1CCc2ccccc2C1. The molecule has 6 heteroatoms. The molecule has 2 amide bonds. The second-order valence-corrected chi connectivity index (χ2v) is 9.28. The van der Waals surface area contributed by atoms with E-state index in [1.54, 1.807) is 17.0 Å². The summed E-state index contributed by atoms with van der Waals surface area (Å²) in [6.45, 7) is 7.86. The molecule has 0 bridgehead atoms. The standard InChI is InChI=1S/C25H30N4O2/c1-25(2)18-28(14-20-9-7-19(13-26)8-10-20)24(31)29(25)17-23(30)16-27-12-11-21-5-3-4-6-22(21)15-27/h3-10,23,30H,11-12,14-18H2,1-2H3.